The molecule has 1 fully saturated rings. The molecule has 24 heavy (non-hydrogen) atoms. The van der Waals surface area contributed by atoms with Crippen molar-refractivity contribution in [2.45, 2.75) is 52.4 Å². The third kappa shape index (κ3) is 8.08. The van der Waals surface area contributed by atoms with Crippen LogP contribution in [0.15, 0.2) is 12.1 Å². The number of benzene rings is 1. The van der Waals surface area contributed by atoms with Gasteiger partial charge in [-0.3, -0.25) is 0 Å². The highest BCUT2D eigenvalue weighted by atomic mass is 16.4. The summed E-state index contributed by atoms with van der Waals surface area (Å²) in [7, 11) is 0. The molecule has 1 aliphatic carbocycles. The molecule has 4 N–H and O–H groups in total. The van der Waals surface area contributed by atoms with Crippen LogP contribution in [0.1, 0.15) is 70.4 Å². The Balaban J connectivity index is 0.000000433. The summed E-state index contributed by atoms with van der Waals surface area (Å²) in [6.07, 6.45) is 9.00. The van der Waals surface area contributed by atoms with Crippen molar-refractivity contribution in [2.24, 2.45) is 0 Å². The van der Waals surface area contributed by atoms with E-state index in [9.17, 15) is 9.59 Å². The molecule has 0 aliphatic heterocycles. The van der Waals surface area contributed by atoms with Crippen LogP contribution in [-0.4, -0.2) is 45.6 Å². The second-order valence-electron chi connectivity index (χ2n) is 5.59. The van der Waals surface area contributed by atoms with Crippen molar-refractivity contribution in [3.63, 3.8) is 0 Å². The maximum absolute atomic E-state index is 10.7. The Labute approximate surface area is 142 Å². The Kier molecular flexibility index (Phi) is 11.5. The molecule has 0 atom stereocenters. The van der Waals surface area contributed by atoms with Gasteiger partial charge in [0, 0.05) is 0 Å². The van der Waals surface area contributed by atoms with Crippen LogP contribution in [0.4, 0.5) is 0 Å². The molecule has 136 valence electrons. The highest BCUT2D eigenvalue weighted by Gasteiger charge is 2.14. The van der Waals surface area contributed by atoms with Crippen LogP contribution in [0.25, 0.3) is 0 Å². The number of aliphatic hydroxyl groups is 2. The summed E-state index contributed by atoms with van der Waals surface area (Å²) in [5.74, 6) is -2.08. The van der Waals surface area contributed by atoms with Gasteiger partial charge in [0.2, 0.25) is 0 Å². The Morgan fingerprint density at radius 3 is 1.17 bits per heavy atom. The summed E-state index contributed by atoms with van der Waals surface area (Å²) in [4.78, 5) is 21.4. The van der Waals surface area contributed by atoms with Crippen molar-refractivity contribution >= 4 is 11.9 Å². The molecule has 0 bridgehead atoms. The van der Waals surface area contributed by atoms with Crippen LogP contribution in [0.2, 0.25) is 0 Å². The van der Waals surface area contributed by atoms with Crippen LogP contribution >= 0.6 is 0 Å². The summed E-state index contributed by atoms with van der Waals surface area (Å²) >= 11 is 0. The Morgan fingerprint density at radius 1 is 0.750 bits per heavy atom. The number of rotatable bonds is 3. The topological polar surface area (TPSA) is 115 Å². The van der Waals surface area contributed by atoms with E-state index in [2.05, 4.69) is 0 Å². The van der Waals surface area contributed by atoms with Crippen molar-refractivity contribution in [2.75, 3.05) is 13.2 Å². The Morgan fingerprint density at radius 2 is 1.00 bits per heavy atom. The lowest BCUT2D eigenvalue weighted by Crippen LogP contribution is -2.06. The third-order valence-corrected chi connectivity index (χ3v) is 3.85. The van der Waals surface area contributed by atoms with Gasteiger partial charge >= 0.3 is 11.9 Å². The molecule has 0 heterocycles. The molecule has 0 radical (unpaired) electrons. The molecule has 2 rings (SSSR count). The van der Waals surface area contributed by atoms with E-state index in [1.165, 1.54) is 50.7 Å². The second kappa shape index (κ2) is 12.5. The summed E-state index contributed by atoms with van der Waals surface area (Å²) in [5.41, 5.74) is 1.29. The molecule has 1 aliphatic rings. The zero-order valence-electron chi connectivity index (χ0n) is 14.4. The van der Waals surface area contributed by atoms with Gasteiger partial charge in [0.15, 0.2) is 0 Å². The van der Waals surface area contributed by atoms with Crippen LogP contribution in [-0.2, 0) is 0 Å². The zero-order chi connectivity index (χ0) is 18.5. The lowest BCUT2D eigenvalue weighted by atomic mass is 9.98. The Bertz CT molecular complexity index is 468. The average molecular weight is 340 g/mol. The quantitative estimate of drug-likeness (QED) is 0.672. The number of hydrogen-bond donors (Lipinski definition) is 4. The van der Waals surface area contributed by atoms with E-state index < -0.39 is 11.9 Å². The molecule has 1 aromatic carbocycles. The first-order chi connectivity index (χ1) is 11.4. The summed E-state index contributed by atoms with van der Waals surface area (Å²) < 4.78 is 0. The molecule has 0 aromatic heterocycles. The normalized spacial score (nSPS) is 13.0. The lowest BCUT2D eigenvalue weighted by Gasteiger charge is -2.07. The highest BCUT2D eigenvalue weighted by molar-refractivity contribution is 5.94. The van der Waals surface area contributed by atoms with Gasteiger partial charge < -0.3 is 20.4 Å². The van der Waals surface area contributed by atoms with Crippen LogP contribution in [0.3, 0.4) is 0 Å². The fraction of sp³-hybridized carbons (Fsp3) is 0.556. The molecule has 6 heteroatoms. The van der Waals surface area contributed by atoms with E-state index in [1.54, 1.807) is 13.8 Å². The minimum Gasteiger partial charge on any atom is -0.478 e. The predicted molar refractivity (Wildman–Crippen MR) is 91.7 cm³/mol. The molecule has 0 amide bonds. The van der Waals surface area contributed by atoms with E-state index in [0.717, 1.165) is 0 Å². The van der Waals surface area contributed by atoms with Crippen molar-refractivity contribution in [3.05, 3.63) is 34.4 Å². The van der Waals surface area contributed by atoms with Crippen LogP contribution < -0.4 is 0 Å². The molecular formula is C18H28O6. The largest absolute Gasteiger partial charge is 0.478 e. The fourth-order valence-electron chi connectivity index (χ4n) is 2.34. The lowest BCUT2D eigenvalue weighted by molar-refractivity contribution is 0.0679. The third-order valence-electron chi connectivity index (χ3n) is 3.85. The van der Waals surface area contributed by atoms with Gasteiger partial charge in [-0.05, 0) is 37.1 Å². The smallest absolute Gasteiger partial charge is 0.335 e. The molecule has 1 saturated carbocycles. The molecule has 0 saturated heterocycles. The van der Waals surface area contributed by atoms with Gasteiger partial charge in [-0.15, -0.1) is 0 Å². The van der Waals surface area contributed by atoms with E-state index in [1.807, 2.05) is 0 Å². The number of aromatic carboxylic acids is 2. The molecular weight excluding hydrogens is 312 g/mol. The maximum Gasteiger partial charge on any atom is 0.335 e. The first-order valence-corrected chi connectivity index (χ1v) is 8.15. The van der Waals surface area contributed by atoms with Crippen molar-refractivity contribution in [3.8, 4) is 0 Å². The van der Waals surface area contributed by atoms with Gasteiger partial charge in [0.05, 0.1) is 24.3 Å². The fourth-order valence-corrected chi connectivity index (χ4v) is 2.34. The maximum atomic E-state index is 10.7. The van der Waals surface area contributed by atoms with Gasteiger partial charge in [-0.1, -0.05) is 38.5 Å². The van der Waals surface area contributed by atoms with Crippen molar-refractivity contribution in [1.82, 2.24) is 0 Å². The number of aliphatic hydroxyl groups excluding tert-OH is 2. The first kappa shape index (κ1) is 22.1. The number of carbonyl (C=O) groups is 2. The summed E-state index contributed by atoms with van der Waals surface area (Å²) in [6.45, 7) is 2.95. The van der Waals surface area contributed by atoms with Crippen LogP contribution in [0.5, 0.6) is 0 Å². The van der Waals surface area contributed by atoms with Gasteiger partial charge in [-0.25, -0.2) is 9.59 Å². The van der Waals surface area contributed by atoms with Gasteiger partial charge in [0.25, 0.3) is 0 Å². The average Bonchev–Trinajstić information content (AvgIpc) is 2.59. The van der Waals surface area contributed by atoms with E-state index in [0.29, 0.717) is 11.1 Å². The second-order valence-corrected chi connectivity index (χ2v) is 5.59. The Hall–Kier alpha value is -1.92. The number of carboxylic acids is 2. The van der Waals surface area contributed by atoms with Crippen molar-refractivity contribution < 1.29 is 30.0 Å². The van der Waals surface area contributed by atoms with Gasteiger partial charge in [0.1, 0.15) is 0 Å². The van der Waals surface area contributed by atoms with E-state index in [4.69, 9.17) is 20.4 Å². The first-order valence-electron chi connectivity index (χ1n) is 8.15. The standard InChI is InChI=1S/C10H10O4.C6H12.C2H6O2/c1-5-6(2)8(10(13)14)4-3-7(5)9(11)12;1-2-4-6-5-3-1;3-1-2-4/h3-4H,1-2H3,(H,11,12)(H,13,14);1-6H2;3-4H,1-2H2. The minimum absolute atomic E-state index is 0.125. The summed E-state index contributed by atoms with van der Waals surface area (Å²) in [6, 6.07) is 2.63. The predicted octanol–water partition coefficient (Wildman–Crippen LogP) is 3.01. The molecule has 0 unspecified atom stereocenters. The SMILES string of the molecule is C1CCCCC1.Cc1c(C(=O)O)ccc(C(=O)O)c1C.OCCO. The van der Waals surface area contributed by atoms with Gasteiger partial charge in [-0.2, -0.15) is 0 Å². The van der Waals surface area contributed by atoms with E-state index >= 15 is 0 Å². The minimum atomic E-state index is -1.04. The molecule has 0 spiro atoms. The number of carboxylic acid groups (broad SMARTS) is 2. The zero-order valence-corrected chi connectivity index (χ0v) is 14.4. The molecule has 1 aromatic rings. The van der Waals surface area contributed by atoms with Crippen LogP contribution in [0, 0.1) is 13.8 Å². The highest BCUT2D eigenvalue weighted by Crippen LogP contribution is 2.18. The summed E-state index contributed by atoms with van der Waals surface area (Å²) in [5, 5.41) is 32.8. The molecule has 6 nitrogen and oxygen atoms in total. The monoisotopic (exact) mass is 340 g/mol. The van der Waals surface area contributed by atoms with Crippen molar-refractivity contribution in [1.29, 1.82) is 0 Å². The van der Waals surface area contributed by atoms with E-state index in [-0.39, 0.29) is 24.3 Å². The number of hydrogen-bond acceptors (Lipinski definition) is 4.